The number of carbonyl (C=O) groups excluding carboxylic acids is 2. The molecule has 1 amide bonds. The summed E-state index contributed by atoms with van der Waals surface area (Å²) >= 11 is 14.3. The lowest BCUT2D eigenvalue weighted by Gasteiger charge is -2.38. The second-order valence-electron chi connectivity index (χ2n) is 8.98. The van der Waals surface area contributed by atoms with Gasteiger partial charge in [0, 0.05) is 34.5 Å². The van der Waals surface area contributed by atoms with Crippen molar-refractivity contribution in [3.05, 3.63) is 90.9 Å². The van der Waals surface area contributed by atoms with E-state index in [0.717, 1.165) is 23.1 Å². The highest BCUT2D eigenvalue weighted by Crippen LogP contribution is 2.47. The zero-order valence-corrected chi connectivity index (χ0v) is 24.1. The standard InChI is InChI=1S/C26H19Cl2N7O4S2/c27-14-4-1-3-13(9-14)22-16(11-29)24(30)34(18-5-2-6-20(36)23(18)22)25-32-33-26(41-25)40-12-21(37)31-15-7-8-17(28)19(10-15)35(38)39/h1,3-4,7-10,22H,2,5-6,12,30H2,(H,31,37). The highest BCUT2D eigenvalue weighted by molar-refractivity contribution is 8.01. The third kappa shape index (κ3) is 5.77. The van der Waals surface area contributed by atoms with Gasteiger partial charge in [0.05, 0.1) is 28.2 Å². The molecule has 0 bridgehead atoms. The average Bonchev–Trinajstić information content (AvgIpc) is 3.40. The summed E-state index contributed by atoms with van der Waals surface area (Å²) in [5.74, 6) is -1.03. The van der Waals surface area contributed by atoms with Crippen LogP contribution in [0.15, 0.2) is 69.5 Å². The molecule has 3 N–H and O–H groups in total. The van der Waals surface area contributed by atoms with E-state index in [-0.39, 0.29) is 39.3 Å². The number of nitrogens with zero attached hydrogens (tertiary/aromatic N) is 5. The lowest BCUT2D eigenvalue weighted by Crippen LogP contribution is -2.38. The molecule has 0 radical (unpaired) electrons. The van der Waals surface area contributed by atoms with Crippen LogP contribution < -0.4 is 16.0 Å². The van der Waals surface area contributed by atoms with E-state index >= 15 is 0 Å². The SMILES string of the molecule is N#CC1=C(N)N(c2nnc(SCC(=O)Nc3ccc(Cl)c([N+](=O)[O-])c3)s2)C2=C(C(=O)CCC2)C1c1cccc(Cl)c1. The zero-order chi connectivity index (χ0) is 29.3. The number of allylic oxidation sites excluding steroid dienone is 3. The lowest BCUT2D eigenvalue weighted by atomic mass is 9.76. The van der Waals surface area contributed by atoms with Gasteiger partial charge in [0.2, 0.25) is 11.0 Å². The third-order valence-corrected chi connectivity index (χ3v) is 9.03. The average molecular weight is 629 g/mol. The molecule has 11 nitrogen and oxygen atoms in total. The van der Waals surface area contributed by atoms with Crippen LogP contribution in [0.1, 0.15) is 30.7 Å². The van der Waals surface area contributed by atoms with Crippen molar-refractivity contribution in [3.63, 3.8) is 0 Å². The number of aromatic nitrogens is 2. The van der Waals surface area contributed by atoms with Crippen LogP contribution in [0.5, 0.6) is 0 Å². The van der Waals surface area contributed by atoms with Crippen LogP contribution in [0.25, 0.3) is 0 Å². The number of anilines is 2. The summed E-state index contributed by atoms with van der Waals surface area (Å²) in [6, 6.07) is 13.2. The van der Waals surface area contributed by atoms with E-state index in [4.69, 9.17) is 28.9 Å². The molecule has 1 unspecified atom stereocenters. The number of ketones is 1. The van der Waals surface area contributed by atoms with Gasteiger partial charge in [0.25, 0.3) is 5.69 Å². The van der Waals surface area contributed by atoms with E-state index in [1.54, 1.807) is 23.1 Å². The number of rotatable bonds is 7. The molecule has 3 aromatic rings. The summed E-state index contributed by atoms with van der Waals surface area (Å²) in [5, 5.41) is 33.1. The molecule has 208 valence electrons. The van der Waals surface area contributed by atoms with E-state index in [1.807, 2.05) is 6.07 Å². The quantitative estimate of drug-likeness (QED) is 0.186. The summed E-state index contributed by atoms with van der Waals surface area (Å²) < 4.78 is 0.449. The molecule has 2 heterocycles. The molecule has 1 aliphatic carbocycles. The summed E-state index contributed by atoms with van der Waals surface area (Å²) in [6.07, 6.45) is 1.52. The molecule has 1 atom stereocenters. The fraction of sp³-hybridized carbons (Fsp3) is 0.192. The van der Waals surface area contributed by atoms with Gasteiger partial charge in [-0.05, 0) is 42.7 Å². The van der Waals surface area contributed by atoms with E-state index in [2.05, 4.69) is 21.6 Å². The number of Topliss-reactive ketones (excluding diaryl/α,β-unsaturated/α-hetero) is 1. The third-order valence-electron chi connectivity index (χ3n) is 6.44. The fourth-order valence-electron chi connectivity index (χ4n) is 4.73. The van der Waals surface area contributed by atoms with Gasteiger partial charge in [-0.1, -0.05) is 58.4 Å². The predicted molar refractivity (Wildman–Crippen MR) is 157 cm³/mol. The topological polar surface area (TPSA) is 168 Å². The van der Waals surface area contributed by atoms with Crippen molar-refractivity contribution in [3.8, 4) is 6.07 Å². The maximum Gasteiger partial charge on any atom is 0.289 e. The number of hydrogen-bond donors (Lipinski definition) is 2. The maximum atomic E-state index is 13.2. The second kappa shape index (κ2) is 11.9. The molecule has 15 heteroatoms. The Morgan fingerprint density at radius 1 is 1.27 bits per heavy atom. The van der Waals surface area contributed by atoms with E-state index in [1.165, 1.54) is 18.2 Å². The molecule has 2 aromatic carbocycles. The Bertz CT molecular complexity index is 1700. The van der Waals surface area contributed by atoms with Crippen LogP contribution in [-0.2, 0) is 9.59 Å². The zero-order valence-electron chi connectivity index (χ0n) is 21.0. The van der Waals surface area contributed by atoms with Crippen LogP contribution in [-0.4, -0.2) is 32.6 Å². The molecule has 5 rings (SSSR count). The minimum Gasteiger partial charge on any atom is -0.384 e. The molecule has 1 aliphatic heterocycles. The highest BCUT2D eigenvalue weighted by atomic mass is 35.5. The number of thioether (sulfide) groups is 1. The number of nitro groups is 1. The van der Waals surface area contributed by atoms with Gasteiger partial charge in [0.1, 0.15) is 10.8 Å². The van der Waals surface area contributed by atoms with Crippen LogP contribution >= 0.6 is 46.3 Å². The van der Waals surface area contributed by atoms with Gasteiger partial charge in [-0.3, -0.25) is 24.6 Å². The number of nitrogens with one attached hydrogen (secondary N) is 1. The Balaban J connectivity index is 1.39. The van der Waals surface area contributed by atoms with Gasteiger partial charge in [-0.15, -0.1) is 10.2 Å². The van der Waals surface area contributed by atoms with Gasteiger partial charge >= 0.3 is 0 Å². The van der Waals surface area contributed by atoms with Gasteiger partial charge < -0.3 is 11.1 Å². The first-order valence-electron chi connectivity index (χ1n) is 12.1. The minimum atomic E-state index is -0.646. The molecule has 41 heavy (non-hydrogen) atoms. The van der Waals surface area contributed by atoms with Crippen molar-refractivity contribution in [2.24, 2.45) is 5.73 Å². The van der Waals surface area contributed by atoms with Gasteiger partial charge in [-0.25, -0.2) is 0 Å². The Morgan fingerprint density at radius 2 is 2.07 bits per heavy atom. The minimum absolute atomic E-state index is 0.0359. The lowest BCUT2D eigenvalue weighted by molar-refractivity contribution is -0.384. The van der Waals surface area contributed by atoms with Crippen molar-refractivity contribution in [1.82, 2.24) is 10.2 Å². The maximum absolute atomic E-state index is 13.2. The summed E-state index contributed by atoms with van der Waals surface area (Å²) in [6.45, 7) is 0. The van der Waals surface area contributed by atoms with Crippen LogP contribution in [0, 0.1) is 21.4 Å². The van der Waals surface area contributed by atoms with Crippen molar-refractivity contribution < 1.29 is 14.5 Å². The molecule has 0 spiro atoms. The van der Waals surface area contributed by atoms with Crippen molar-refractivity contribution in [1.29, 1.82) is 5.26 Å². The first kappa shape index (κ1) is 28.6. The molecule has 0 fully saturated rings. The number of nitriles is 1. The molecular formula is C26H19Cl2N7O4S2. The van der Waals surface area contributed by atoms with Gasteiger partial charge in [-0.2, -0.15) is 5.26 Å². The Morgan fingerprint density at radius 3 is 2.80 bits per heavy atom. The van der Waals surface area contributed by atoms with E-state index < -0.39 is 16.7 Å². The number of nitro benzene ring substituents is 1. The van der Waals surface area contributed by atoms with Crippen molar-refractivity contribution in [2.45, 2.75) is 29.5 Å². The van der Waals surface area contributed by atoms with Crippen LogP contribution in [0.4, 0.5) is 16.5 Å². The smallest absolute Gasteiger partial charge is 0.289 e. The number of carbonyl (C=O) groups is 2. The molecule has 1 aromatic heterocycles. The number of amides is 1. The predicted octanol–water partition coefficient (Wildman–Crippen LogP) is 5.79. The monoisotopic (exact) mass is 627 g/mol. The van der Waals surface area contributed by atoms with Crippen LogP contribution in [0.3, 0.4) is 0 Å². The first-order valence-corrected chi connectivity index (χ1v) is 14.7. The van der Waals surface area contributed by atoms with Crippen molar-refractivity contribution >= 4 is 74.5 Å². The Kier molecular flexibility index (Phi) is 8.27. The van der Waals surface area contributed by atoms with Crippen molar-refractivity contribution in [2.75, 3.05) is 16.0 Å². The summed E-state index contributed by atoms with van der Waals surface area (Å²) in [4.78, 5) is 37.8. The van der Waals surface area contributed by atoms with E-state index in [0.29, 0.717) is 50.6 Å². The second-order valence-corrected chi connectivity index (χ2v) is 12.0. The number of benzene rings is 2. The highest BCUT2D eigenvalue weighted by Gasteiger charge is 2.41. The number of halogens is 2. The number of nitrogens with two attached hydrogens (primary N) is 1. The number of hydrogen-bond acceptors (Lipinski definition) is 11. The molecule has 0 saturated heterocycles. The van der Waals surface area contributed by atoms with Crippen LogP contribution in [0.2, 0.25) is 10.0 Å². The van der Waals surface area contributed by atoms with E-state index in [9.17, 15) is 25.0 Å². The van der Waals surface area contributed by atoms with Gasteiger partial charge in [0.15, 0.2) is 10.1 Å². The fourth-order valence-corrected chi connectivity index (χ4v) is 6.80. The molecule has 0 saturated carbocycles. The first-order chi connectivity index (χ1) is 19.7. The molecule has 2 aliphatic rings. The largest absolute Gasteiger partial charge is 0.384 e. The summed E-state index contributed by atoms with van der Waals surface area (Å²) in [5.41, 5.74) is 8.54. The normalized spacial score (nSPS) is 16.9. The summed E-state index contributed by atoms with van der Waals surface area (Å²) in [7, 11) is 0. The Labute approximate surface area is 251 Å². The molecular weight excluding hydrogens is 609 g/mol. The Hall–Kier alpha value is -3.96.